The van der Waals surface area contributed by atoms with Gasteiger partial charge in [0.05, 0.1) is 28.2 Å². The first-order valence-corrected chi connectivity index (χ1v) is 9.21. The van der Waals surface area contributed by atoms with Crippen molar-refractivity contribution in [1.82, 2.24) is 24.6 Å². The van der Waals surface area contributed by atoms with Crippen LogP contribution in [0.25, 0.3) is 21.7 Å². The molecule has 1 saturated heterocycles. The molecule has 26 heavy (non-hydrogen) atoms. The molecule has 0 unspecified atom stereocenters. The zero-order valence-corrected chi connectivity index (χ0v) is 14.6. The Kier molecular flexibility index (Phi) is 3.56. The minimum absolute atomic E-state index is 0.0717. The zero-order chi connectivity index (χ0) is 17.5. The number of benzene rings is 1. The van der Waals surface area contributed by atoms with Crippen molar-refractivity contribution >= 4 is 28.3 Å². The van der Waals surface area contributed by atoms with Crippen molar-refractivity contribution < 1.29 is 9.32 Å². The molecule has 0 spiro atoms. The molecule has 1 aliphatic rings. The number of likely N-dealkylation sites (tertiary alicyclic amines) is 1. The van der Waals surface area contributed by atoms with E-state index in [4.69, 9.17) is 4.52 Å². The van der Waals surface area contributed by atoms with Crippen LogP contribution in [0.5, 0.6) is 0 Å². The Balaban J connectivity index is 1.23. The van der Waals surface area contributed by atoms with Crippen LogP contribution < -0.4 is 0 Å². The van der Waals surface area contributed by atoms with Crippen LogP contribution in [-0.2, 0) is 11.3 Å². The number of imidazole rings is 1. The Hall–Kier alpha value is -3.00. The number of hydrogen-bond donors (Lipinski definition) is 0. The zero-order valence-electron chi connectivity index (χ0n) is 13.8. The molecule has 1 amide bonds. The molecule has 0 radical (unpaired) electrons. The topological polar surface area (TPSA) is 77.1 Å². The third-order valence-electron chi connectivity index (χ3n) is 4.60. The molecular formula is C18H15N5O2S. The van der Waals surface area contributed by atoms with Crippen molar-refractivity contribution in [2.45, 2.75) is 12.5 Å². The fraction of sp³-hybridized carbons (Fsp3) is 0.222. The van der Waals surface area contributed by atoms with E-state index in [1.165, 1.54) is 0 Å². The molecule has 0 atom stereocenters. The molecule has 1 fully saturated rings. The number of carbonyl (C=O) groups is 1. The molecule has 4 heterocycles. The van der Waals surface area contributed by atoms with E-state index in [0.29, 0.717) is 24.8 Å². The lowest BCUT2D eigenvalue weighted by Crippen LogP contribution is -2.49. The number of para-hydroxylation sites is 2. The molecule has 1 aromatic carbocycles. The minimum atomic E-state index is 0.0717. The molecule has 0 bridgehead atoms. The molecule has 4 aromatic rings. The fourth-order valence-corrected chi connectivity index (χ4v) is 3.78. The number of rotatable bonds is 4. The van der Waals surface area contributed by atoms with Crippen LogP contribution in [-0.4, -0.2) is 43.6 Å². The van der Waals surface area contributed by atoms with E-state index in [9.17, 15) is 4.79 Å². The van der Waals surface area contributed by atoms with Gasteiger partial charge in [0.1, 0.15) is 6.54 Å². The molecule has 8 heteroatoms. The first kappa shape index (κ1) is 15.3. The predicted molar refractivity (Wildman–Crippen MR) is 96.7 cm³/mol. The summed E-state index contributed by atoms with van der Waals surface area (Å²) < 4.78 is 7.26. The van der Waals surface area contributed by atoms with Crippen LogP contribution in [0, 0.1) is 0 Å². The summed E-state index contributed by atoms with van der Waals surface area (Å²) in [7, 11) is 0. The summed E-state index contributed by atoms with van der Waals surface area (Å²) in [5, 5.41) is 6.02. The Labute approximate surface area is 152 Å². The van der Waals surface area contributed by atoms with Crippen LogP contribution in [0.3, 0.4) is 0 Å². The van der Waals surface area contributed by atoms with Crippen molar-refractivity contribution in [2.24, 2.45) is 0 Å². The average Bonchev–Trinajstić information content (AvgIpc) is 3.34. The smallest absolute Gasteiger partial charge is 0.242 e. The van der Waals surface area contributed by atoms with Gasteiger partial charge in [0.25, 0.3) is 0 Å². The highest BCUT2D eigenvalue weighted by Crippen LogP contribution is 2.29. The fourth-order valence-electron chi connectivity index (χ4n) is 3.13. The van der Waals surface area contributed by atoms with Gasteiger partial charge < -0.3 is 14.0 Å². The van der Waals surface area contributed by atoms with Gasteiger partial charge in [0.15, 0.2) is 0 Å². The van der Waals surface area contributed by atoms with Crippen LogP contribution in [0.4, 0.5) is 0 Å². The quantitative estimate of drug-likeness (QED) is 0.556. The van der Waals surface area contributed by atoms with Crippen molar-refractivity contribution in [3.63, 3.8) is 0 Å². The number of amides is 1. The Morgan fingerprint density at radius 1 is 1.23 bits per heavy atom. The second-order valence-corrected chi connectivity index (χ2v) is 7.24. The van der Waals surface area contributed by atoms with Gasteiger partial charge in [-0.25, -0.2) is 4.98 Å². The molecule has 7 nitrogen and oxygen atoms in total. The van der Waals surface area contributed by atoms with Crippen molar-refractivity contribution in [3.05, 3.63) is 54.0 Å². The van der Waals surface area contributed by atoms with E-state index in [-0.39, 0.29) is 18.4 Å². The maximum Gasteiger partial charge on any atom is 0.242 e. The van der Waals surface area contributed by atoms with E-state index in [1.54, 1.807) is 17.7 Å². The maximum atomic E-state index is 12.5. The molecule has 130 valence electrons. The molecule has 3 aromatic heterocycles. The monoisotopic (exact) mass is 365 g/mol. The largest absolute Gasteiger partial charge is 0.339 e. The molecule has 0 N–H and O–H groups in total. The molecular weight excluding hydrogens is 350 g/mol. The van der Waals surface area contributed by atoms with Crippen molar-refractivity contribution in [1.29, 1.82) is 0 Å². The minimum Gasteiger partial charge on any atom is -0.339 e. The molecule has 5 rings (SSSR count). The first-order chi connectivity index (χ1) is 12.8. The molecule has 0 saturated carbocycles. The highest BCUT2D eigenvalue weighted by atomic mass is 32.1. The normalized spacial score (nSPS) is 14.7. The van der Waals surface area contributed by atoms with E-state index < -0.39 is 0 Å². The predicted octanol–water partition coefficient (Wildman–Crippen LogP) is 2.77. The van der Waals surface area contributed by atoms with Gasteiger partial charge in [-0.15, -0.1) is 11.3 Å². The summed E-state index contributed by atoms with van der Waals surface area (Å²) in [5.41, 5.74) is 1.86. The Morgan fingerprint density at radius 2 is 2.12 bits per heavy atom. The van der Waals surface area contributed by atoms with Gasteiger partial charge in [-0.3, -0.25) is 4.79 Å². The third-order valence-corrected chi connectivity index (χ3v) is 5.47. The van der Waals surface area contributed by atoms with Crippen LogP contribution >= 0.6 is 11.3 Å². The van der Waals surface area contributed by atoms with Crippen LogP contribution in [0.2, 0.25) is 0 Å². The number of carbonyl (C=O) groups excluding carboxylic acids is 1. The summed E-state index contributed by atoms with van der Waals surface area (Å²) in [6.07, 6.45) is 1.71. The summed E-state index contributed by atoms with van der Waals surface area (Å²) in [4.78, 5) is 24.1. The van der Waals surface area contributed by atoms with Crippen molar-refractivity contribution in [2.75, 3.05) is 13.1 Å². The SMILES string of the molecule is O=C(Cn1cnc2ccccc21)N1CC(c2nc(-c3cccs3)no2)C1. The van der Waals surface area contributed by atoms with E-state index in [0.717, 1.165) is 15.9 Å². The van der Waals surface area contributed by atoms with E-state index in [1.807, 2.05) is 51.2 Å². The van der Waals surface area contributed by atoms with Gasteiger partial charge in [0, 0.05) is 13.1 Å². The summed E-state index contributed by atoms with van der Waals surface area (Å²) in [6.45, 7) is 1.51. The summed E-state index contributed by atoms with van der Waals surface area (Å²) >= 11 is 1.58. The summed E-state index contributed by atoms with van der Waals surface area (Å²) in [6, 6.07) is 11.7. The van der Waals surface area contributed by atoms with Gasteiger partial charge in [-0.05, 0) is 23.6 Å². The van der Waals surface area contributed by atoms with Crippen LogP contribution in [0.1, 0.15) is 11.8 Å². The van der Waals surface area contributed by atoms with Gasteiger partial charge >= 0.3 is 0 Å². The number of fused-ring (bicyclic) bond motifs is 1. The third kappa shape index (κ3) is 2.59. The standard InChI is InChI=1S/C18H15N5O2S/c24-16(10-23-11-19-13-4-1-2-5-14(13)23)22-8-12(9-22)18-20-17(21-25-18)15-6-3-7-26-15/h1-7,11-12H,8-10H2. The molecule has 0 aliphatic carbocycles. The number of thiophene rings is 1. The summed E-state index contributed by atoms with van der Waals surface area (Å²) in [5.74, 6) is 1.40. The van der Waals surface area contributed by atoms with Gasteiger partial charge in [0.2, 0.25) is 17.6 Å². The Morgan fingerprint density at radius 3 is 2.96 bits per heavy atom. The number of nitrogens with zero attached hydrogens (tertiary/aromatic N) is 5. The maximum absolute atomic E-state index is 12.5. The lowest BCUT2D eigenvalue weighted by atomic mass is 10.00. The highest BCUT2D eigenvalue weighted by Gasteiger charge is 2.35. The highest BCUT2D eigenvalue weighted by molar-refractivity contribution is 7.13. The first-order valence-electron chi connectivity index (χ1n) is 8.33. The number of hydrogen-bond acceptors (Lipinski definition) is 6. The van der Waals surface area contributed by atoms with Gasteiger partial charge in [-0.2, -0.15) is 4.98 Å². The van der Waals surface area contributed by atoms with E-state index >= 15 is 0 Å². The Bertz CT molecular complexity index is 1060. The average molecular weight is 365 g/mol. The van der Waals surface area contributed by atoms with Gasteiger partial charge in [-0.1, -0.05) is 23.4 Å². The van der Waals surface area contributed by atoms with Crippen LogP contribution in [0.15, 0.2) is 52.6 Å². The van der Waals surface area contributed by atoms with Crippen molar-refractivity contribution in [3.8, 4) is 10.7 Å². The second kappa shape index (κ2) is 6.06. The molecule has 1 aliphatic heterocycles. The van der Waals surface area contributed by atoms with E-state index in [2.05, 4.69) is 15.1 Å². The lowest BCUT2D eigenvalue weighted by Gasteiger charge is -2.37. The number of aromatic nitrogens is 4. The second-order valence-electron chi connectivity index (χ2n) is 6.29. The lowest BCUT2D eigenvalue weighted by molar-refractivity contribution is -0.136.